The maximum Gasteiger partial charge on any atom is 0.323 e. The second-order valence-electron chi connectivity index (χ2n) is 5.59. The Labute approximate surface area is 120 Å². The van der Waals surface area contributed by atoms with Crippen LogP contribution in [-0.2, 0) is 0 Å². The predicted molar refractivity (Wildman–Crippen MR) is 78.3 cm³/mol. The van der Waals surface area contributed by atoms with Crippen LogP contribution in [0.1, 0.15) is 39.5 Å². The summed E-state index contributed by atoms with van der Waals surface area (Å²) in [6.45, 7) is 6.58. The van der Waals surface area contributed by atoms with Crippen LogP contribution in [-0.4, -0.2) is 40.7 Å². The lowest BCUT2D eigenvalue weighted by molar-refractivity contribution is 0.311. The van der Waals surface area contributed by atoms with E-state index in [2.05, 4.69) is 32.1 Å². The Bertz CT molecular complexity index is 467. The number of aromatic nitrogens is 3. The molecule has 2 unspecified atom stereocenters. The first-order valence-electron chi connectivity index (χ1n) is 7.69. The van der Waals surface area contributed by atoms with Crippen molar-refractivity contribution in [3.05, 3.63) is 0 Å². The van der Waals surface area contributed by atoms with Crippen molar-refractivity contribution in [3.63, 3.8) is 0 Å². The van der Waals surface area contributed by atoms with Crippen molar-refractivity contribution >= 4 is 11.9 Å². The van der Waals surface area contributed by atoms with Crippen LogP contribution in [0.4, 0.5) is 11.9 Å². The first-order chi connectivity index (χ1) is 9.80. The number of fused-ring (bicyclic) bond motifs is 2. The summed E-state index contributed by atoms with van der Waals surface area (Å²) < 4.78 is 5.48. The third-order valence-corrected chi connectivity index (χ3v) is 4.08. The maximum absolute atomic E-state index is 5.48. The fourth-order valence-corrected chi connectivity index (χ4v) is 3.15. The van der Waals surface area contributed by atoms with Crippen molar-refractivity contribution < 1.29 is 4.74 Å². The Morgan fingerprint density at radius 3 is 2.80 bits per heavy atom. The second-order valence-corrected chi connectivity index (χ2v) is 5.59. The average molecular weight is 277 g/mol. The largest absolute Gasteiger partial charge is 0.464 e. The highest BCUT2D eigenvalue weighted by atomic mass is 16.5. The molecule has 1 saturated heterocycles. The number of nitrogens with one attached hydrogen (secondary N) is 1. The molecule has 2 bridgehead atoms. The van der Waals surface area contributed by atoms with Gasteiger partial charge >= 0.3 is 6.01 Å². The predicted octanol–water partition coefficient (Wildman–Crippen LogP) is 2.08. The van der Waals surface area contributed by atoms with E-state index in [1.807, 2.05) is 6.92 Å². The number of anilines is 2. The third-order valence-electron chi connectivity index (χ3n) is 4.08. The van der Waals surface area contributed by atoms with Crippen molar-refractivity contribution in [2.45, 2.75) is 45.6 Å². The minimum atomic E-state index is 0.430. The van der Waals surface area contributed by atoms with Crippen LogP contribution in [0.5, 0.6) is 6.01 Å². The van der Waals surface area contributed by atoms with Crippen molar-refractivity contribution in [1.82, 2.24) is 15.0 Å². The van der Waals surface area contributed by atoms with Crippen LogP contribution >= 0.6 is 0 Å². The summed E-state index contributed by atoms with van der Waals surface area (Å²) in [5.41, 5.74) is 0. The standard InChI is InChI=1S/C14H23N5O/c1-3-7-15-12-16-13(18-14(17-12)20-4-2)19-9-10-5-6-11(19)8-10/h10-11H,3-9H2,1-2H3,(H,15,16,17,18). The molecule has 1 aliphatic heterocycles. The van der Waals surface area contributed by atoms with Crippen LogP contribution in [0.25, 0.3) is 0 Å². The molecule has 1 aromatic heterocycles. The van der Waals surface area contributed by atoms with E-state index in [9.17, 15) is 0 Å². The molecule has 110 valence electrons. The summed E-state index contributed by atoms with van der Waals surface area (Å²) >= 11 is 0. The van der Waals surface area contributed by atoms with Gasteiger partial charge in [-0.2, -0.15) is 15.0 Å². The van der Waals surface area contributed by atoms with Gasteiger partial charge in [0.25, 0.3) is 0 Å². The molecule has 1 aromatic rings. The van der Waals surface area contributed by atoms with Crippen LogP contribution in [0.15, 0.2) is 0 Å². The Hall–Kier alpha value is -1.59. The monoisotopic (exact) mass is 277 g/mol. The first kappa shape index (κ1) is 13.4. The molecule has 1 saturated carbocycles. The van der Waals surface area contributed by atoms with E-state index in [0.29, 0.717) is 24.6 Å². The second kappa shape index (κ2) is 5.81. The van der Waals surface area contributed by atoms with E-state index in [4.69, 9.17) is 4.74 Å². The number of hydrogen-bond donors (Lipinski definition) is 1. The van der Waals surface area contributed by atoms with E-state index in [-0.39, 0.29) is 0 Å². The number of piperidine rings is 1. The number of ether oxygens (including phenoxy) is 1. The summed E-state index contributed by atoms with van der Waals surface area (Å²) in [4.78, 5) is 15.7. The molecule has 2 heterocycles. The van der Waals surface area contributed by atoms with Crippen LogP contribution in [0.2, 0.25) is 0 Å². The minimum absolute atomic E-state index is 0.430. The molecule has 20 heavy (non-hydrogen) atoms. The van der Waals surface area contributed by atoms with Gasteiger partial charge in [-0.05, 0) is 38.5 Å². The van der Waals surface area contributed by atoms with Gasteiger partial charge in [-0.15, -0.1) is 0 Å². The van der Waals surface area contributed by atoms with Crippen LogP contribution in [0, 0.1) is 5.92 Å². The van der Waals surface area contributed by atoms with Gasteiger partial charge in [0.1, 0.15) is 0 Å². The van der Waals surface area contributed by atoms with Crippen molar-refractivity contribution in [2.24, 2.45) is 5.92 Å². The van der Waals surface area contributed by atoms with Gasteiger partial charge in [-0.1, -0.05) is 6.92 Å². The quantitative estimate of drug-likeness (QED) is 0.859. The Kier molecular flexibility index (Phi) is 3.89. The lowest BCUT2D eigenvalue weighted by Crippen LogP contribution is -2.33. The zero-order chi connectivity index (χ0) is 13.9. The Morgan fingerprint density at radius 2 is 2.15 bits per heavy atom. The van der Waals surface area contributed by atoms with Gasteiger partial charge in [0.05, 0.1) is 6.61 Å². The molecule has 0 aromatic carbocycles. The van der Waals surface area contributed by atoms with E-state index in [0.717, 1.165) is 31.4 Å². The molecule has 1 aliphatic carbocycles. The van der Waals surface area contributed by atoms with Crippen molar-refractivity contribution in [3.8, 4) is 6.01 Å². The van der Waals surface area contributed by atoms with E-state index < -0.39 is 0 Å². The third kappa shape index (κ3) is 2.64. The summed E-state index contributed by atoms with van der Waals surface area (Å²) in [5.74, 6) is 2.22. The smallest absolute Gasteiger partial charge is 0.323 e. The molecule has 0 radical (unpaired) electrons. The zero-order valence-corrected chi connectivity index (χ0v) is 12.3. The topological polar surface area (TPSA) is 63.2 Å². The Balaban J connectivity index is 1.82. The molecule has 1 N–H and O–H groups in total. The van der Waals surface area contributed by atoms with Gasteiger partial charge in [0.2, 0.25) is 11.9 Å². The van der Waals surface area contributed by atoms with Gasteiger partial charge in [-0.25, -0.2) is 0 Å². The Morgan fingerprint density at radius 1 is 1.25 bits per heavy atom. The highest BCUT2D eigenvalue weighted by molar-refractivity contribution is 5.41. The summed E-state index contributed by atoms with van der Waals surface area (Å²) in [7, 11) is 0. The molecule has 6 nitrogen and oxygen atoms in total. The van der Waals surface area contributed by atoms with Crippen molar-refractivity contribution in [1.29, 1.82) is 0 Å². The van der Waals surface area contributed by atoms with E-state index in [1.54, 1.807) is 0 Å². The highest BCUT2D eigenvalue weighted by Crippen LogP contribution is 2.39. The number of nitrogens with zero attached hydrogens (tertiary/aromatic N) is 4. The van der Waals surface area contributed by atoms with Gasteiger partial charge in [-0.3, -0.25) is 0 Å². The van der Waals surface area contributed by atoms with E-state index >= 15 is 0 Å². The molecular formula is C14H23N5O. The first-order valence-corrected chi connectivity index (χ1v) is 7.69. The fraction of sp³-hybridized carbons (Fsp3) is 0.786. The molecule has 0 amide bonds. The van der Waals surface area contributed by atoms with Crippen molar-refractivity contribution in [2.75, 3.05) is 29.9 Å². The molecule has 3 rings (SSSR count). The van der Waals surface area contributed by atoms with Gasteiger partial charge < -0.3 is 15.0 Å². The molecule has 2 aliphatic rings. The van der Waals surface area contributed by atoms with E-state index in [1.165, 1.54) is 19.3 Å². The summed E-state index contributed by atoms with van der Waals surface area (Å²) in [6.07, 6.45) is 4.94. The molecule has 0 spiro atoms. The van der Waals surface area contributed by atoms with Crippen LogP contribution < -0.4 is 15.0 Å². The average Bonchev–Trinajstić information content (AvgIpc) is 3.08. The summed E-state index contributed by atoms with van der Waals surface area (Å²) in [6, 6.07) is 1.04. The lowest BCUT2D eigenvalue weighted by atomic mass is 10.1. The lowest BCUT2D eigenvalue weighted by Gasteiger charge is -2.27. The highest BCUT2D eigenvalue weighted by Gasteiger charge is 2.39. The molecule has 2 atom stereocenters. The van der Waals surface area contributed by atoms with Gasteiger partial charge in [0.15, 0.2) is 0 Å². The van der Waals surface area contributed by atoms with Gasteiger partial charge in [0, 0.05) is 19.1 Å². The van der Waals surface area contributed by atoms with Crippen LogP contribution in [0.3, 0.4) is 0 Å². The minimum Gasteiger partial charge on any atom is -0.464 e. The maximum atomic E-state index is 5.48. The number of rotatable bonds is 6. The number of hydrogen-bond acceptors (Lipinski definition) is 6. The summed E-state index contributed by atoms with van der Waals surface area (Å²) in [5, 5.41) is 3.23. The zero-order valence-electron chi connectivity index (χ0n) is 12.3. The molecule has 2 fully saturated rings. The SMILES string of the molecule is CCCNc1nc(OCC)nc(N2CC3CCC2C3)n1. The molecule has 6 heteroatoms. The fourth-order valence-electron chi connectivity index (χ4n) is 3.15. The molecular weight excluding hydrogens is 254 g/mol. The normalized spacial score (nSPS) is 24.2.